The second kappa shape index (κ2) is 9.23. The molecule has 2 aromatic rings. The topological polar surface area (TPSA) is 114 Å². The van der Waals surface area contributed by atoms with E-state index in [0.29, 0.717) is 11.5 Å². The van der Waals surface area contributed by atoms with Crippen LogP contribution in [0.25, 0.3) is 0 Å². The Hall–Kier alpha value is -3.55. The highest BCUT2D eigenvalue weighted by Crippen LogP contribution is 2.14. The van der Waals surface area contributed by atoms with Crippen molar-refractivity contribution in [1.82, 2.24) is 10.7 Å². The van der Waals surface area contributed by atoms with Gasteiger partial charge in [-0.2, -0.15) is 5.10 Å². The first-order chi connectivity index (χ1) is 12.9. The second-order valence-corrected chi connectivity index (χ2v) is 6.13. The smallest absolute Gasteiger partial charge is 0.329 e. The SMILES string of the molecule is CC(C)c1ccc(CNC(=O)C(=O)N/N=C\c2cccc([N+](=O)[O-])c2)cc1. The van der Waals surface area contributed by atoms with Gasteiger partial charge in [0.15, 0.2) is 0 Å². The van der Waals surface area contributed by atoms with Gasteiger partial charge in [-0.25, -0.2) is 5.43 Å². The minimum Gasteiger partial charge on any atom is -0.344 e. The molecule has 0 aliphatic rings. The lowest BCUT2D eigenvalue weighted by atomic mass is 10.0. The van der Waals surface area contributed by atoms with Crippen molar-refractivity contribution in [2.24, 2.45) is 5.10 Å². The van der Waals surface area contributed by atoms with Gasteiger partial charge in [0.2, 0.25) is 0 Å². The summed E-state index contributed by atoms with van der Waals surface area (Å²) < 4.78 is 0. The molecule has 0 spiro atoms. The minimum absolute atomic E-state index is 0.0912. The van der Waals surface area contributed by atoms with Gasteiger partial charge in [0, 0.05) is 24.2 Å². The molecule has 2 rings (SSSR count). The molecule has 0 radical (unpaired) electrons. The molecule has 8 nitrogen and oxygen atoms in total. The van der Waals surface area contributed by atoms with E-state index in [1.165, 1.54) is 30.0 Å². The number of nitrogens with one attached hydrogen (secondary N) is 2. The molecule has 0 atom stereocenters. The second-order valence-electron chi connectivity index (χ2n) is 6.13. The maximum atomic E-state index is 11.8. The molecule has 0 fully saturated rings. The van der Waals surface area contributed by atoms with Crippen LogP contribution in [-0.4, -0.2) is 23.0 Å². The van der Waals surface area contributed by atoms with E-state index in [4.69, 9.17) is 0 Å². The fraction of sp³-hybridized carbons (Fsp3) is 0.211. The van der Waals surface area contributed by atoms with E-state index in [0.717, 1.165) is 5.56 Å². The van der Waals surface area contributed by atoms with Crippen LogP contribution in [0.3, 0.4) is 0 Å². The van der Waals surface area contributed by atoms with Crippen LogP contribution in [0.1, 0.15) is 36.5 Å². The van der Waals surface area contributed by atoms with E-state index in [2.05, 4.69) is 29.7 Å². The number of non-ortho nitro benzene ring substituents is 1. The average Bonchev–Trinajstić information content (AvgIpc) is 2.66. The summed E-state index contributed by atoms with van der Waals surface area (Å²) in [6.07, 6.45) is 1.23. The molecule has 0 aromatic heterocycles. The number of amides is 2. The molecule has 140 valence electrons. The van der Waals surface area contributed by atoms with Crippen molar-refractivity contribution < 1.29 is 14.5 Å². The third kappa shape index (κ3) is 6.03. The molecule has 27 heavy (non-hydrogen) atoms. The first kappa shape index (κ1) is 19.8. The Kier molecular flexibility index (Phi) is 6.76. The van der Waals surface area contributed by atoms with E-state index < -0.39 is 16.7 Å². The molecule has 0 saturated carbocycles. The van der Waals surface area contributed by atoms with E-state index in [-0.39, 0.29) is 12.2 Å². The maximum absolute atomic E-state index is 11.8. The maximum Gasteiger partial charge on any atom is 0.329 e. The average molecular weight is 368 g/mol. The monoisotopic (exact) mass is 368 g/mol. The lowest BCUT2D eigenvalue weighted by Crippen LogP contribution is -2.37. The zero-order valence-electron chi connectivity index (χ0n) is 15.0. The third-order valence-corrected chi connectivity index (χ3v) is 3.77. The first-order valence-electron chi connectivity index (χ1n) is 8.31. The van der Waals surface area contributed by atoms with Gasteiger partial charge < -0.3 is 5.32 Å². The molecular weight excluding hydrogens is 348 g/mol. The molecule has 2 amide bonds. The quantitative estimate of drug-likeness (QED) is 0.353. The molecule has 0 unspecified atom stereocenters. The number of rotatable bonds is 6. The Morgan fingerprint density at radius 1 is 1.15 bits per heavy atom. The number of hydrazone groups is 1. The van der Waals surface area contributed by atoms with Crippen LogP contribution >= 0.6 is 0 Å². The van der Waals surface area contributed by atoms with Crippen molar-refractivity contribution in [1.29, 1.82) is 0 Å². The normalized spacial score (nSPS) is 10.8. The van der Waals surface area contributed by atoms with Crippen LogP contribution in [0.5, 0.6) is 0 Å². The van der Waals surface area contributed by atoms with E-state index >= 15 is 0 Å². The highest BCUT2D eigenvalue weighted by Gasteiger charge is 2.12. The van der Waals surface area contributed by atoms with Crippen molar-refractivity contribution >= 4 is 23.7 Å². The fourth-order valence-electron chi connectivity index (χ4n) is 2.22. The Morgan fingerprint density at radius 3 is 2.48 bits per heavy atom. The zero-order valence-corrected chi connectivity index (χ0v) is 15.0. The Morgan fingerprint density at radius 2 is 1.85 bits per heavy atom. The number of nitrogens with zero attached hydrogens (tertiary/aromatic N) is 2. The molecule has 0 aliphatic carbocycles. The highest BCUT2D eigenvalue weighted by molar-refractivity contribution is 6.35. The van der Waals surface area contributed by atoms with Gasteiger partial charge in [0.1, 0.15) is 0 Å². The molecular formula is C19H20N4O4. The summed E-state index contributed by atoms with van der Waals surface area (Å²) in [5.74, 6) is -1.32. The highest BCUT2D eigenvalue weighted by atomic mass is 16.6. The zero-order chi connectivity index (χ0) is 19.8. The molecule has 0 heterocycles. The van der Waals surface area contributed by atoms with Gasteiger partial charge >= 0.3 is 11.8 Å². The lowest BCUT2D eigenvalue weighted by molar-refractivity contribution is -0.384. The van der Waals surface area contributed by atoms with Gasteiger partial charge in [-0.15, -0.1) is 0 Å². The summed E-state index contributed by atoms with van der Waals surface area (Å²) in [5.41, 5.74) is 4.49. The largest absolute Gasteiger partial charge is 0.344 e. The van der Waals surface area contributed by atoms with Crippen molar-refractivity contribution in [3.63, 3.8) is 0 Å². The summed E-state index contributed by atoms with van der Waals surface area (Å²) in [7, 11) is 0. The number of hydrogen-bond acceptors (Lipinski definition) is 5. The predicted octanol–water partition coefficient (Wildman–Crippen LogP) is 2.48. The van der Waals surface area contributed by atoms with Crippen LogP contribution in [0, 0.1) is 10.1 Å². The van der Waals surface area contributed by atoms with Crippen LogP contribution in [0.15, 0.2) is 53.6 Å². The van der Waals surface area contributed by atoms with Gasteiger partial charge in [0.25, 0.3) is 5.69 Å². The van der Waals surface area contributed by atoms with Gasteiger partial charge in [-0.3, -0.25) is 19.7 Å². The molecule has 2 N–H and O–H groups in total. The van der Waals surface area contributed by atoms with E-state index in [1.54, 1.807) is 6.07 Å². The van der Waals surface area contributed by atoms with Crippen molar-refractivity contribution in [3.05, 3.63) is 75.3 Å². The minimum atomic E-state index is -0.921. The van der Waals surface area contributed by atoms with E-state index in [1.807, 2.05) is 24.3 Å². The van der Waals surface area contributed by atoms with Gasteiger partial charge in [0.05, 0.1) is 11.1 Å². The van der Waals surface area contributed by atoms with Crippen LogP contribution in [0.4, 0.5) is 5.69 Å². The van der Waals surface area contributed by atoms with Crippen LogP contribution in [-0.2, 0) is 16.1 Å². The predicted molar refractivity (Wildman–Crippen MR) is 101 cm³/mol. The van der Waals surface area contributed by atoms with Crippen LogP contribution in [0.2, 0.25) is 0 Å². The number of carbonyl (C=O) groups excluding carboxylic acids is 2. The van der Waals surface area contributed by atoms with E-state index in [9.17, 15) is 19.7 Å². The number of carbonyl (C=O) groups is 2. The van der Waals surface area contributed by atoms with Gasteiger partial charge in [-0.05, 0) is 17.0 Å². The Balaban J connectivity index is 1.84. The molecule has 0 bridgehead atoms. The molecule has 8 heteroatoms. The molecule has 0 aliphatic heterocycles. The standard InChI is InChI=1S/C19H20N4O4/c1-13(2)16-8-6-14(7-9-16)11-20-18(24)19(25)22-21-12-15-4-3-5-17(10-15)23(26)27/h3-10,12-13H,11H2,1-2H3,(H,20,24)(H,22,25)/b21-12-. The Bertz CT molecular complexity index is 860. The van der Waals surface area contributed by atoms with Crippen molar-refractivity contribution in [2.45, 2.75) is 26.3 Å². The number of benzene rings is 2. The lowest BCUT2D eigenvalue weighted by Gasteiger charge is -2.07. The molecule has 0 saturated heterocycles. The summed E-state index contributed by atoms with van der Waals surface area (Å²) in [5, 5.41) is 16.9. The summed E-state index contributed by atoms with van der Waals surface area (Å²) >= 11 is 0. The fourth-order valence-corrected chi connectivity index (χ4v) is 2.22. The van der Waals surface area contributed by atoms with Gasteiger partial charge in [-0.1, -0.05) is 50.2 Å². The summed E-state index contributed by atoms with van der Waals surface area (Å²) in [4.78, 5) is 33.7. The number of nitro benzene ring substituents is 1. The summed E-state index contributed by atoms with van der Waals surface area (Å²) in [6, 6.07) is 13.5. The molecule has 2 aromatic carbocycles. The van der Waals surface area contributed by atoms with Crippen LogP contribution < -0.4 is 10.7 Å². The summed E-state index contributed by atoms with van der Waals surface area (Å²) in [6.45, 7) is 4.41. The van der Waals surface area contributed by atoms with Crippen molar-refractivity contribution in [3.8, 4) is 0 Å². The first-order valence-corrected chi connectivity index (χ1v) is 8.31. The number of nitro groups is 1. The number of hydrogen-bond donors (Lipinski definition) is 2. The third-order valence-electron chi connectivity index (χ3n) is 3.77. The Labute approximate surface area is 156 Å². The van der Waals surface area contributed by atoms with Crippen molar-refractivity contribution in [2.75, 3.05) is 0 Å².